The maximum Gasteiger partial charge on any atom is 0.235 e. The van der Waals surface area contributed by atoms with Gasteiger partial charge in [-0.05, 0) is 23.6 Å². The van der Waals surface area contributed by atoms with Gasteiger partial charge in [0.15, 0.2) is 10.8 Å². The number of fused-ring (bicyclic) bond motifs is 1. The number of hydrogen-bond donors (Lipinski definition) is 0. The van der Waals surface area contributed by atoms with Gasteiger partial charge in [-0.3, -0.25) is 0 Å². The molecule has 0 bridgehead atoms. The Morgan fingerprint density at radius 1 is 1.05 bits per heavy atom. The number of thioether (sulfide) groups is 1. The molecule has 0 fully saturated rings. The maximum absolute atomic E-state index is 4.63. The van der Waals surface area contributed by atoms with Gasteiger partial charge in [0.2, 0.25) is 4.96 Å². The quantitative estimate of drug-likeness (QED) is 0.526. The van der Waals surface area contributed by atoms with Crippen LogP contribution in [-0.2, 0) is 5.75 Å². The number of benzene rings is 1. The molecule has 104 valence electrons. The molecule has 0 saturated heterocycles. The predicted molar refractivity (Wildman–Crippen MR) is 88.0 cm³/mol. The van der Waals surface area contributed by atoms with Crippen LogP contribution >= 0.6 is 34.4 Å². The largest absolute Gasteiger partial charge is 0.235 e. The Labute approximate surface area is 133 Å². The lowest BCUT2D eigenvalue weighted by Gasteiger charge is -1.98. The van der Waals surface area contributed by atoms with Crippen LogP contribution in [0, 0.1) is 0 Å². The molecule has 0 radical (unpaired) electrons. The third-order valence-electron chi connectivity index (χ3n) is 2.90. The van der Waals surface area contributed by atoms with Gasteiger partial charge in [0.1, 0.15) is 0 Å². The first-order chi connectivity index (χ1) is 10.4. The van der Waals surface area contributed by atoms with Gasteiger partial charge in [0.05, 0.1) is 10.6 Å². The van der Waals surface area contributed by atoms with Crippen LogP contribution in [0.1, 0.15) is 5.82 Å². The number of nitrogens with zero attached hydrogens (tertiary/aromatic N) is 4. The van der Waals surface area contributed by atoms with E-state index in [1.54, 1.807) is 34.4 Å². The average molecular weight is 330 g/mol. The van der Waals surface area contributed by atoms with Crippen molar-refractivity contribution in [1.29, 1.82) is 0 Å². The number of hydrogen-bond acceptors (Lipinski definition) is 6. The van der Waals surface area contributed by atoms with Crippen molar-refractivity contribution in [3.8, 4) is 9.88 Å². The molecular formula is C14H10N4S3. The molecule has 0 saturated carbocycles. The molecule has 21 heavy (non-hydrogen) atoms. The van der Waals surface area contributed by atoms with E-state index >= 15 is 0 Å². The highest BCUT2D eigenvalue weighted by molar-refractivity contribution is 7.98. The van der Waals surface area contributed by atoms with Gasteiger partial charge in [-0.1, -0.05) is 35.6 Å². The zero-order valence-corrected chi connectivity index (χ0v) is 13.3. The summed E-state index contributed by atoms with van der Waals surface area (Å²) in [5, 5.41) is 16.2. The molecule has 4 rings (SSSR count). The Hall–Kier alpha value is -1.70. The van der Waals surface area contributed by atoms with Crippen molar-refractivity contribution in [2.45, 2.75) is 10.6 Å². The highest BCUT2D eigenvalue weighted by atomic mass is 32.2. The maximum atomic E-state index is 4.63. The first-order valence-electron chi connectivity index (χ1n) is 6.33. The SMILES string of the molecule is c1ccc(SCc2nnc3sc(-c4cccs4)nn23)cc1. The molecule has 1 aromatic carbocycles. The second-order valence-electron chi connectivity index (χ2n) is 4.30. The standard InChI is InChI=1S/C14H10N4S3/c1-2-5-10(6-3-1)20-9-12-15-16-14-18(12)17-13(21-14)11-7-4-8-19-11/h1-8H,9H2. The topological polar surface area (TPSA) is 43.1 Å². The van der Waals surface area contributed by atoms with Crippen LogP contribution in [0.5, 0.6) is 0 Å². The fourth-order valence-corrected chi connectivity index (χ4v) is 4.39. The summed E-state index contributed by atoms with van der Waals surface area (Å²) in [4.78, 5) is 3.25. The average Bonchev–Trinajstić information content (AvgIpc) is 3.23. The van der Waals surface area contributed by atoms with Crippen LogP contribution in [0.2, 0.25) is 0 Å². The summed E-state index contributed by atoms with van der Waals surface area (Å²) < 4.78 is 1.86. The Bertz CT molecular complexity index is 849. The number of thiophene rings is 1. The summed E-state index contributed by atoms with van der Waals surface area (Å²) in [7, 11) is 0. The first-order valence-corrected chi connectivity index (χ1v) is 9.01. The molecule has 4 nitrogen and oxygen atoms in total. The summed E-state index contributed by atoms with van der Waals surface area (Å²) in [6.45, 7) is 0. The molecule has 0 aliphatic carbocycles. The van der Waals surface area contributed by atoms with Crippen LogP contribution in [0.25, 0.3) is 14.8 Å². The van der Waals surface area contributed by atoms with Crippen LogP contribution in [0.15, 0.2) is 52.7 Å². The second kappa shape index (κ2) is 5.59. The summed E-state index contributed by atoms with van der Waals surface area (Å²) in [6, 6.07) is 14.4. The van der Waals surface area contributed by atoms with E-state index in [-0.39, 0.29) is 0 Å². The lowest BCUT2D eigenvalue weighted by Crippen LogP contribution is -1.93. The Morgan fingerprint density at radius 2 is 1.95 bits per heavy atom. The third-order valence-corrected chi connectivity index (χ3v) is 5.84. The van der Waals surface area contributed by atoms with Crippen molar-refractivity contribution in [2.75, 3.05) is 0 Å². The van der Waals surface area contributed by atoms with Crippen LogP contribution in [0.4, 0.5) is 0 Å². The summed E-state index contributed by atoms with van der Waals surface area (Å²) >= 11 is 5.01. The van der Waals surface area contributed by atoms with Crippen LogP contribution in [-0.4, -0.2) is 19.8 Å². The summed E-state index contributed by atoms with van der Waals surface area (Å²) in [5.41, 5.74) is 0. The molecule has 0 atom stereocenters. The zero-order chi connectivity index (χ0) is 14.1. The third kappa shape index (κ3) is 2.59. The molecule has 3 aromatic heterocycles. The van der Waals surface area contributed by atoms with Gasteiger partial charge in [-0.2, -0.15) is 9.61 Å². The minimum atomic E-state index is 0.763. The smallest absolute Gasteiger partial charge is 0.186 e. The van der Waals surface area contributed by atoms with Crippen molar-refractivity contribution in [2.24, 2.45) is 0 Å². The van der Waals surface area contributed by atoms with Crippen molar-refractivity contribution in [3.63, 3.8) is 0 Å². The highest BCUT2D eigenvalue weighted by Gasteiger charge is 2.13. The molecule has 0 unspecified atom stereocenters. The highest BCUT2D eigenvalue weighted by Crippen LogP contribution is 2.30. The molecule has 3 heterocycles. The Balaban J connectivity index is 1.61. The Morgan fingerprint density at radius 3 is 2.76 bits per heavy atom. The lowest BCUT2D eigenvalue weighted by atomic mass is 10.4. The van der Waals surface area contributed by atoms with E-state index in [1.807, 2.05) is 28.8 Å². The minimum Gasteiger partial charge on any atom is -0.186 e. The van der Waals surface area contributed by atoms with E-state index in [0.29, 0.717) is 0 Å². The van der Waals surface area contributed by atoms with Crippen LogP contribution < -0.4 is 0 Å². The molecular weight excluding hydrogens is 320 g/mol. The van der Waals surface area contributed by atoms with Crippen LogP contribution in [0.3, 0.4) is 0 Å². The molecule has 0 aliphatic heterocycles. The van der Waals surface area contributed by atoms with Crippen molar-refractivity contribution < 1.29 is 0 Å². The molecule has 7 heteroatoms. The van der Waals surface area contributed by atoms with Crippen molar-refractivity contribution in [3.05, 3.63) is 53.7 Å². The fraction of sp³-hybridized carbons (Fsp3) is 0.0714. The van der Waals surface area contributed by atoms with Gasteiger partial charge >= 0.3 is 0 Å². The molecule has 4 aromatic rings. The van der Waals surface area contributed by atoms with Gasteiger partial charge in [-0.15, -0.1) is 33.3 Å². The van der Waals surface area contributed by atoms with Gasteiger partial charge in [0.25, 0.3) is 0 Å². The molecule has 0 amide bonds. The van der Waals surface area contributed by atoms with Gasteiger partial charge < -0.3 is 0 Å². The molecule has 0 N–H and O–H groups in total. The van der Waals surface area contributed by atoms with E-state index < -0.39 is 0 Å². The zero-order valence-electron chi connectivity index (χ0n) is 10.8. The fourth-order valence-electron chi connectivity index (χ4n) is 1.91. The number of aromatic nitrogens is 4. The Kier molecular flexibility index (Phi) is 3.46. The van der Waals surface area contributed by atoms with E-state index in [2.05, 4.69) is 38.9 Å². The van der Waals surface area contributed by atoms with E-state index in [9.17, 15) is 0 Å². The lowest BCUT2D eigenvalue weighted by molar-refractivity contribution is 0.888. The monoisotopic (exact) mass is 330 g/mol. The van der Waals surface area contributed by atoms with E-state index in [1.165, 1.54) is 9.77 Å². The normalized spacial score (nSPS) is 11.2. The van der Waals surface area contributed by atoms with Gasteiger partial charge in [-0.25, -0.2) is 0 Å². The predicted octanol–water partition coefficient (Wildman–Crippen LogP) is 4.21. The number of rotatable bonds is 4. The molecule has 0 aliphatic rings. The van der Waals surface area contributed by atoms with Crippen molar-refractivity contribution in [1.82, 2.24) is 19.8 Å². The minimum absolute atomic E-state index is 0.763. The summed E-state index contributed by atoms with van der Waals surface area (Å²) in [5.74, 6) is 1.65. The van der Waals surface area contributed by atoms with E-state index in [4.69, 9.17) is 0 Å². The van der Waals surface area contributed by atoms with E-state index in [0.717, 1.165) is 21.5 Å². The molecule has 0 spiro atoms. The van der Waals surface area contributed by atoms with Crippen molar-refractivity contribution >= 4 is 39.4 Å². The summed E-state index contributed by atoms with van der Waals surface area (Å²) in [6.07, 6.45) is 0. The van der Waals surface area contributed by atoms with Gasteiger partial charge in [0, 0.05) is 4.90 Å². The first kappa shape index (κ1) is 13.0. The second-order valence-corrected chi connectivity index (χ2v) is 7.25.